The summed E-state index contributed by atoms with van der Waals surface area (Å²) in [5.41, 5.74) is 1.58. The minimum absolute atomic E-state index is 0.0473. The number of methoxy groups -OCH3 is 1. The molecule has 2 aliphatic heterocycles. The molecule has 0 fully saturated rings. The van der Waals surface area contributed by atoms with Crippen molar-refractivity contribution < 1.29 is 33.2 Å². The zero-order valence-corrected chi connectivity index (χ0v) is 20.1. The fourth-order valence-electron chi connectivity index (χ4n) is 4.74. The Morgan fingerprint density at radius 2 is 2.06 bits per heavy atom. The number of hydrogen-bond donors (Lipinski definition) is 1. The lowest BCUT2D eigenvalue weighted by molar-refractivity contribution is 0.0498. The molecule has 0 spiro atoms. The summed E-state index contributed by atoms with van der Waals surface area (Å²) < 4.78 is 38.8. The fraction of sp³-hybridized carbons (Fsp3) is 0.333. The Labute approximate surface area is 206 Å². The van der Waals surface area contributed by atoms with Crippen LogP contribution in [0.3, 0.4) is 0 Å². The molecule has 2 atom stereocenters. The van der Waals surface area contributed by atoms with Crippen molar-refractivity contribution in [3.63, 3.8) is 0 Å². The van der Waals surface area contributed by atoms with E-state index in [2.05, 4.69) is 13.8 Å². The predicted octanol–water partition coefficient (Wildman–Crippen LogP) is 4.33. The number of benzene rings is 2. The Balaban J connectivity index is 1.46. The highest BCUT2D eigenvalue weighted by Crippen LogP contribution is 2.43. The molecule has 2 aromatic carbocycles. The van der Waals surface area contributed by atoms with Gasteiger partial charge in [0.15, 0.2) is 40.3 Å². The molecule has 0 saturated carbocycles. The van der Waals surface area contributed by atoms with E-state index in [0.717, 1.165) is 11.1 Å². The molecule has 8 nitrogen and oxygen atoms in total. The first-order valence-corrected chi connectivity index (χ1v) is 11.7. The molecule has 1 aromatic heterocycles. The van der Waals surface area contributed by atoms with E-state index in [1.54, 1.807) is 18.2 Å². The van der Waals surface area contributed by atoms with Gasteiger partial charge in [-0.3, -0.25) is 4.79 Å². The van der Waals surface area contributed by atoms with Gasteiger partial charge in [0.05, 0.1) is 12.8 Å². The number of para-hydroxylation sites is 1. The SMILES string of the molecule is COc1cc2c(cc1OCC1COc3c(F)cccc3O1)CC(C(C)C)n1cc(C(=O)O)c(=O)cc1-2. The Morgan fingerprint density at radius 1 is 1.25 bits per heavy atom. The number of rotatable bonds is 6. The van der Waals surface area contributed by atoms with Gasteiger partial charge in [-0.1, -0.05) is 19.9 Å². The van der Waals surface area contributed by atoms with E-state index >= 15 is 0 Å². The predicted molar refractivity (Wildman–Crippen MR) is 129 cm³/mol. The number of carbonyl (C=O) groups is 1. The van der Waals surface area contributed by atoms with Crippen LogP contribution in [0.5, 0.6) is 23.0 Å². The van der Waals surface area contributed by atoms with Gasteiger partial charge in [0.25, 0.3) is 0 Å². The first-order chi connectivity index (χ1) is 17.3. The van der Waals surface area contributed by atoms with Crippen molar-refractivity contribution >= 4 is 5.97 Å². The third-order valence-corrected chi connectivity index (χ3v) is 6.59. The topological polar surface area (TPSA) is 96.2 Å². The van der Waals surface area contributed by atoms with Crippen LogP contribution in [0.15, 0.2) is 47.4 Å². The maximum Gasteiger partial charge on any atom is 0.341 e. The molecule has 2 aliphatic rings. The summed E-state index contributed by atoms with van der Waals surface area (Å²) in [4.78, 5) is 24.1. The number of nitrogens with zero attached hydrogens (tertiary/aromatic N) is 1. The molecule has 0 saturated heterocycles. The van der Waals surface area contributed by atoms with Crippen LogP contribution in [0.1, 0.15) is 35.8 Å². The number of hydrogen-bond acceptors (Lipinski definition) is 6. The molecule has 0 bridgehead atoms. The Hall–Kier alpha value is -4.01. The van der Waals surface area contributed by atoms with Crippen molar-refractivity contribution in [3.8, 4) is 34.3 Å². The van der Waals surface area contributed by atoms with E-state index < -0.39 is 23.3 Å². The van der Waals surface area contributed by atoms with Crippen molar-refractivity contribution in [3.05, 3.63) is 69.8 Å². The number of fused-ring (bicyclic) bond motifs is 4. The summed E-state index contributed by atoms with van der Waals surface area (Å²) >= 11 is 0. The number of halogens is 1. The normalized spacial score (nSPS) is 17.8. The molecule has 36 heavy (non-hydrogen) atoms. The third-order valence-electron chi connectivity index (χ3n) is 6.59. The number of aromatic carboxylic acids is 1. The number of aromatic nitrogens is 1. The fourth-order valence-corrected chi connectivity index (χ4v) is 4.74. The van der Waals surface area contributed by atoms with Gasteiger partial charge < -0.3 is 28.6 Å². The Morgan fingerprint density at radius 3 is 2.78 bits per heavy atom. The van der Waals surface area contributed by atoms with E-state index in [-0.39, 0.29) is 36.5 Å². The second-order valence-electron chi connectivity index (χ2n) is 9.25. The van der Waals surface area contributed by atoms with Crippen LogP contribution in [-0.2, 0) is 6.42 Å². The lowest BCUT2D eigenvalue weighted by Gasteiger charge is -2.34. The van der Waals surface area contributed by atoms with E-state index in [4.69, 9.17) is 18.9 Å². The van der Waals surface area contributed by atoms with Crippen molar-refractivity contribution in [1.82, 2.24) is 4.57 Å². The monoisotopic (exact) mass is 495 g/mol. The van der Waals surface area contributed by atoms with Crippen LogP contribution in [0.25, 0.3) is 11.3 Å². The van der Waals surface area contributed by atoms with Crippen LogP contribution in [-0.4, -0.2) is 42.1 Å². The highest BCUT2D eigenvalue weighted by molar-refractivity contribution is 5.88. The quantitative estimate of drug-likeness (QED) is 0.544. The number of carboxylic acids is 1. The average molecular weight is 496 g/mol. The van der Waals surface area contributed by atoms with Crippen LogP contribution in [0.2, 0.25) is 0 Å². The van der Waals surface area contributed by atoms with Gasteiger partial charge in [-0.25, -0.2) is 9.18 Å². The van der Waals surface area contributed by atoms with E-state index in [1.165, 1.54) is 25.4 Å². The molecular formula is C27H26FNO7. The van der Waals surface area contributed by atoms with Gasteiger partial charge in [0.2, 0.25) is 0 Å². The van der Waals surface area contributed by atoms with Gasteiger partial charge in [0, 0.05) is 23.9 Å². The van der Waals surface area contributed by atoms with Gasteiger partial charge in [-0.2, -0.15) is 0 Å². The van der Waals surface area contributed by atoms with E-state index in [9.17, 15) is 19.1 Å². The molecule has 5 rings (SSSR count). The zero-order chi connectivity index (χ0) is 25.6. The molecule has 3 heterocycles. The highest BCUT2D eigenvalue weighted by Gasteiger charge is 2.30. The van der Waals surface area contributed by atoms with Crippen molar-refractivity contribution in [2.75, 3.05) is 20.3 Å². The van der Waals surface area contributed by atoms with E-state index in [1.807, 2.05) is 10.6 Å². The molecule has 0 amide bonds. The second kappa shape index (κ2) is 9.22. The van der Waals surface area contributed by atoms with Gasteiger partial charge >= 0.3 is 5.97 Å². The minimum atomic E-state index is -1.25. The summed E-state index contributed by atoms with van der Waals surface area (Å²) in [6, 6.07) is 9.53. The molecule has 0 aliphatic carbocycles. The van der Waals surface area contributed by atoms with Gasteiger partial charge in [-0.05, 0) is 42.2 Å². The molecule has 2 unspecified atom stereocenters. The summed E-state index contributed by atoms with van der Waals surface area (Å²) in [5, 5.41) is 9.45. The maximum atomic E-state index is 13.9. The van der Waals surface area contributed by atoms with Gasteiger partial charge in [-0.15, -0.1) is 0 Å². The van der Waals surface area contributed by atoms with Crippen LogP contribution in [0.4, 0.5) is 4.39 Å². The van der Waals surface area contributed by atoms with Crippen molar-refractivity contribution in [1.29, 1.82) is 0 Å². The lowest BCUT2D eigenvalue weighted by atomic mass is 9.87. The average Bonchev–Trinajstić information content (AvgIpc) is 2.85. The molecule has 3 aromatic rings. The highest BCUT2D eigenvalue weighted by atomic mass is 19.1. The minimum Gasteiger partial charge on any atom is -0.493 e. The van der Waals surface area contributed by atoms with Crippen LogP contribution < -0.4 is 24.4 Å². The van der Waals surface area contributed by atoms with Crippen molar-refractivity contribution in [2.45, 2.75) is 32.4 Å². The van der Waals surface area contributed by atoms with Crippen LogP contribution >= 0.6 is 0 Å². The first-order valence-electron chi connectivity index (χ1n) is 11.7. The molecule has 9 heteroatoms. The molecule has 188 valence electrons. The number of carboxylic acid groups (broad SMARTS) is 1. The molecular weight excluding hydrogens is 469 g/mol. The standard InChI is InChI=1S/C27H26FNO7/c1-14(2)20-7-15-8-25(34-12-16-13-35-26-19(28)5-4-6-23(26)36-16)24(33-3)9-17(15)21-10-22(30)18(27(31)32)11-29(20)21/h4-6,8-11,14,16,20H,7,12-13H2,1-3H3,(H,31,32). The summed E-state index contributed by atoms with van der Waals surface area (Å²) in [5.74, 6) is -0.149. The number of ether oxygens (including phenoxy) is 4. The lowest BCUT2D eigenvalue weighted by Crippen LogP contribution is -2.35. The Kier molecular flexibility index (Phi) is 6.07. The third kappa shape index (κ3) is 4.14. The maximum absolute atomic E-state index is 13.9. The Bertz CT molecular complexity index is 1400. The first kappa shape index (κ1) is 23.7. The molecule has 0 radical (unpaired) electrons. The van der Waals surface area contributed by atoms with E-state index in [0.29, 0.717) is 29.4 Å². The zero-order valence-electron chi connectivity index (χ0n) is 20.1. The molecule has 1 N–H and O–H groups in total. The number of pyridine rings is 1. The second-order valence-corrected chi connectivity index (χ2v) is 9.25. The summed E-state index contributed by atoms with van der Waals surface area (Å²) in [6.45, 7) is 4.40. The summed E-state index contributed by atoms with van der Waals surface area (Å²) in [7, 11) is 1.52. The van der Waals surface area contributed by atoms with Crippen molar-refractivity contribution in [2.24, 2.45) is 5.92 Å². The summed E-state index contributed by atoms with van der Waals surface area (Å²) in [6.07, 6.45) is 1.61. The smallest absolute Gasteiger partial charge is 0.341 e. The van der Waals surface area contributed by atoms with Gasteiger partial charge in [0.1, 0.15) is 18.8 Å². The largest absolute Gasteiger partial charge is 0.493 e. The van der Waals surface area contributed by atoms with Crippen LogP contribution in [0, 0.1) is 11.7 Å².